The van der Waals surface area contributed by atoms with Gasteiger partial charge >= 0.3 is 5.97 Å². The topological polar surface area (TPSA) is 109 Å². The summed E-state index contributed by atoms with van der Waals surface area (Å²) in [6, 6.07) is 15.1. The lowest BCUT2D eigenvalue weighted by atomic mass is 9.76. The molecule has 0 amide bonds. The third-order valence-corrected chi connectivity index (χ3v) is 12.8. The molecule has 0 aliphatic carbocycles. The SMILES string of the molecule is C[C@@H](Cc1cccc([C@@]2(C)CCCC(C)(C)CS(=O)(=O)CCc3c(c(F)cc4[nH]ccc34)Oc3ccc(F)c(c3)-c3csc2n3)c1)C(=O)O. The summed E-state index contributed by atoms with van der Waals surface area (Å²) in [4.78, 5) is 19.6. The number of rotatable bonds is 4. The van der Waals surface area contributed by atoms with E-state index in [1.165, 1.54) is 35.6 Å². The number of aliphatic carboxylic acids is 1. The van der Waals surface area contributed by atoms with Crippen LogP contribution in [0, 0.1) is 23.0 Å². The fourth-order valence-corrected chi connectivity index (χ4v) is 9.92. The molecule has 1 aliphatic heterocycles. The lowest BCUT2D eigenvalue weighted by molar-refractivity contribution is -0.141. The van der Waals surface area contributed by atoms with Crippen molar-refractivity contribution in [2.75, 3.05) is 11.5 Å². The van der Waals surface area contributed by atoms with Crippen LogP contribution < -0.4 is 4.74 Å². The van der Waals surface area contributed by atoms with Crippen molar-refractivity contribution in [1.29, 1.82) is 0 Å². The Labute approximate surface area is 289 Å². The number of hydrogen-bond acceptors (Lipinski definition) is 6. The minimum absolute atomic E-state index is 0.0379. The quantitative estimate of drug-likeness (QED) is 0.193. The number of halogens is 2. The smallest absolute Gasteiger partial charge is 0.306 e. The molecule has 11 heteroatoms. The van der Waals surface area contributed by atoms with Gasteiger partial charge in [-0.2, -0.15) is 0 Å². The van der Waals surface area contributed by atoms with Gasteiger partial charge in [-0.15, -0.1) is 11.3 Å². The zero-order valence-corrected chi connectivity index (χ0v) is 29.6. The number of carboxylic acids is 1. The number of sulfone groups is 1. The van der Waals surface area contributed by atoms with Crippen LogP contribution in [0.25, 0.3) is 22.2 Å². The first kappa shape index (κ1) is 34.8. The minimum Gasteiger partial charge on any atom is -0.481 e. The molecule has 0 unspecified atom stereocenters. The molecule has 0 radical (unpaired) electrons. The maximum Gasteiger partial charge on any atom is 0.306 e. The van der Waals surface area contributed by atoms with E-state index in [1.807, 2.05) is 38.1 Å². The molecule has 5 aromatic rings. The van der Waals surface area contributed by atoms with Gasteiger partial charge in [-0.25, -0.2) is 22.2 Å². The second-order valence-electron chi connectivity index (χ2n) is 14.2. The van der Waals surface area contributed by atoms with Crippen LogP contribution in [0.3, 0.4) is 0 Å². The Morgan fingerprint density at radius 1 is 1.08 bits per heavy atom. The Kier molecular flexibility index (Phi) is 9.45. The highest BCUT2D eigenvalue weighted by atomic mass is 32.2. The van der Waals surface area contributed by atoms with E-state index in [4.69, 9.17) is 9.72 Å². The summed E-state index contributed by atoms with van der Waals surface area (Å²) in [5.41, 5.74) is 2.21. The normalized spacial score (nSPS) is 20.0. The van der Waals surface area contributed by atoms with Crippen molar-refractivity contribution in [3.63, 3.8) is 0 Å². The van der Waals surface area contributed by atoms with Crippen molar-refractivity contribution in [2.24, 2.45) is 11.3 Å². The molecule has 0 saturated carbocycles. The van der Waals surface area contributed by atoms with Crippen LogP contribution >= 0.6 is 11.3 Å². The largest absolute Gasteiger partial charge is 0.481 e. The van der Waals surface area contributed by atoms with Crippen molar-refractivity contribution < 1.29 is 31.8 Å². The summed E-state index contributed by atoms with van der Waals surface area (Å²) in [5.74, 6) is -2.73. The third kappa shape index (κ3) is 7.43. The van der Waals surface area contributed by atoms with E-state index in [0.29, 0.717) is 47.8 Å². The molecular formula is C38H40F2N2O5S2. The van der Waals surface area contributed by atoms with Crippen LogP contribution in [0.5, 0.6) is 11.5 Å². The zero-order chi connectivity index (χ0) is 35.1. The van der Waals surface area contributed by atoms with Gasteiger partial charge in [0.05, 0.1) is 23.1 Å². The first-order valence-electron chi connectivity index (χ1n) is 16.4. The van der Waals surface area contributed by atoms with E-state index in [9.17, 15) is 18.3 Å². The number of aromatic amines is 1. The fraction of sp³-hybridized carbons (Fsp3) is 0.368. The van der Waals surface area contributed by atoms with Gasteiger partial charge in [-0.1, -0.05) is 51.5 Å². The lowest BCUT2D eigenvalue weighted by Gasteiger charge is -2.31. The molecule has 3 heterocycles. The van der Waals surface area contributed by atoms with E-state index >= 15 is 8.78 Å². The van der Waals surface area contributed by atoms with Crippen LogP contribution in [0.15, 0.2) is 66.2 Å². The molecule has 7 nitrogen and oxygen atoms in total. The summed E-state index contributed by atoms with van der Waals surface area (Å²) in [6.45, 7) is 7.66. The highest BCUT2D eigenvalue weighted by Gasteiger charge is 2.35. The Hall–Kier alpha value is -4.09. The van der Waals surface area contributed by atoms with Crippen LogP contribution in [0.1, 0.15) is 68.7 Å². The number of aromatic nitrogens is 2. The number of thiazole rings is 1. The van der Waals surface area contributed by atoms with E-state index in [-0.39, 0.29) is 35.0 Å². The van der Waals surface area contributed by atoms with Crippen molar-refractivity contribution in [3.05, 3.63) is 99.5 Å². The standard InChI is InChI=1S/C38H40F2N2O5S2/c1-23(35(43)44)17-24-7-5-8-25(18-24)38(4)14-6-13-37(2,3)22-49(45,46)16-12-28-27-11-15-41-32(27)20-31(40)34(28)47-26-9-10-30(39)29(19-26)33-21-48-36(38)42-33/h5,7-11,15,18-21,23,41H,6,12-14,16-17,22H2,1-4H3,(H,43,44)/t23-,38+/m0/s1. The van der Waals surface area contributed by atoms with Gasteiger partial charge in [0, 0.05) is 45.1 Å². The number of fused-ring (bicyclic) bond motifs is 8. The van der Waals surface area contributed by atoms with Crippen molar-refractivity contribution >= 4 is 38.0 Å². The highest BCUT2D eigenvalue weighted by molar-refractivity contribution is 7.91. The van der Waals surface area contributed by atoms with Gasteiger partial charge in [0.1, 0.15) is 16.6 Å². The first-order chi connectivity index (χ1) is 23.1. The van der Waals surface area contributed by atoms with Gasteiger partial charge in [0.2, 0.25) is 0 Å². The van der Waals surface area contributed by atoms with E-state index in [0.717, 1.165) is 16.1 Å². The van der Waals surface area contributed by atoms with Crippen LogP contribution in [-0.2, 0) is 32.9 Å². The number of ether oxygens (including phenoxy) is 1. The molecule has 1 aliphatic rings. The summed E-state index contributed by atoms with van der Waals surface area (Å²) in [7, 11) is -3.57. The number of nitrogens with one attached hydrogen (secondary N) is 1. The maximum atomic E-state index is 15.6. The Balaban J connectivity index is 1.47. The van der Waals surface area contributed by atoms with Gasteiger partial charge in [0.25, 0.3) is 0 Å². The molecule has 2 N–H and O–H groups in total. The van der Waals surface area contributed by atoms with Crippen LogP contribution in [0.2, 0.25) is 0 Å². The maximum absolute atomic E-state index is 15.6. The number of H-pyrrole nitrogens is 1. The van der Waals surface area contributed by atoms with Gasteiger partial charge in [0.15, 0.2) is 21.4 Å². The Morgan fingerprint density at radius 2 is 1.88 bits per heavy atom. The van der Waals surface area contributed by atoms with Crippen molar-refractivity contribution in [1.82, 2.24) is 9.97 Å². The first-order valence-corrected chi connectivity index (χ1v) is 19.1. The molecule has 2 atom stereocenters. The van der Waals surface area contributed by atoms with E-state index in [2.05, 4.69) is 11.9 Å². The number of nitrogens with zero attached hydrogens (tertiary/aromatic N) is 1. The summed E-state index contributed by atoms with van der Waals surface area (Å²) in [6.07, 6.45) is 4.00. The minimum atomic E-state index is -3.57. The average molecular weight is 707 g/mol. The Bertz CT molecular complexity index is 2140. The second kappa shape index (κ2) is 13.3. The van der Waals surface area contributed by atoms with Crippen LogP contribution in [-0.4, -0.2) is 41.0 Å². The lowest BCUT2D eigenvalue weighted by Crippen LogP contribution is -2.28. The molecule has 258 valence electrons. The summed E-state index contributed by atoms with van der Waals surface area (Å²) in [5, 5.41) is 12.7. The van der Waals surface area contributed by atoms with Gasteiger partial charge < -0.3 is 14.8 Å². The molecule has 0 saturated heterocycles. The van der Waals surface area contributed by atoms with Crippen molar-refractivity contribution in [3.8, 4) is 22.8 Å². The molecule has 49 heavy (non-hydrogen) atoms. The fourth-order valence-electron chi connectivity index (χ4n) is 6.89. The summed E-state index contributed by atoms with van der Waals surface area (Å²) >= 11 is 1.40. The molecule has 0 spiro atoms. The number of aryl methyl sites for hydroxylation is 1. The average Bonchev–Trinajstić information content (AvgIpc) is 3.71. The van der Waals surface area contributed by atoms with E-state index in [1.54, 1.807) is 24.6 Å². The van der Waals surface area contributed by atoms with Crippen molar-refractivity contribution in [2.45, 2.75) is 65.2 Å². The monoisotopic (exact) mass is 706 g/mol. The van der Waals surface area contributed by atoms with Crippen LogP contribution in [0.4, 0.5) is 8.78 Å². The van der Waals surface area contributed by atoms with Gasteiger partial charge in [-0.3, -0.25) is 4.79 Å². The molecule has 3 aromatic carbocycles. The number of hydrogen-bond donors (Lipinski definition) is 2. The van der Waals surface area contributed by atoms with Gasteiger partial charge in [-0.05, 0) is 73.4 Å². The molecule has 0 fully saturated rings. The zero-order valence-electron chi connectivity index (χ0n) is 28.0. The highest BCUT2D eigenvalue weighted by Crippen LogP contribution is 2.43. The second-order valence-corrected chi connectivity index (χ2v) is 17.3. The molecule has 4 bridgehead atoms. The van der Waals surface area contributed by atoms with E-state index < -0.39 is 44.2 Å². The molecular weight excluding hydrogens is 667 g/mol. The third-order valence-electron chi connectivity index (χ3n) is 9.61. The molecule has 6 rings (SSSR count). The predicted octanol–water partition coefficient (Wildman–Crippen LogP) is 9.10. The number of benzene rings is 3. The summed E-state index contributed by atoms with van der Waals surface area (Å²) < 4.78 is 64.4. The predicted molar refractivity (Wildman–Crippen MR) is 189 cm³/mol. The number of carbonyl (C=O) groups is 1. The Morgan fingerprint density at radius 3 is 2.65 bits per heavy atom. The number of carboxylic acid groups (broad SMARTS) is 1. The molecule has 2 aromatic heterocycles.